The van der Waals surface area contributed by atoms with Crippen molar-refractivity contribution in [2.24, 2.45) is 11.8 Å². The summed E-state index contributed by atoms with van der Waals surface area (Å²) in [5, 5.41) is 7.03. The van der Waals surface area contributed by atoms with Gasteiger partial charge in [-0.3, -0.25) is 0 Å². The van der Waals surface area contributed by atoms with Crippen LogP contribution < -0.4 is 29.9 Å². The van der Waals surface area contributed by atoms with Crippen LogP contribution in [0, 0.1) is 11.8 Å². The number of hydrogen-bond donors (Lipinski definition) is 2. The molecule has 0 spiro atoms. The SMILES string of the molecule is C[C@@H]1CCCN(c2cc(N3CCC[C@H](C)C3)nc(NC(=S)NCc3ccc4c(c3)OCCO4)n2)C1. The van der Waals surface area contributed by atoms with Crippen molar-refractivity contribution in [3.63, 3.8) is 0 Å². The maximum Gasteiger partial charge on any atom is 0.232 e. The van der Waals surface area contributed by atoms with Gasteiger partial charge in [-0.2, -0.15) is 9.97 Å². The van der Waals surface area contributed by atoms with Gasteiger partial charge in [0.1, 0.15) is 24.8 Å². The topological polar surface area (TPSA) is 74.8 Å². The van der Waals surface area contributed by atoms with Crippen LogP contribution >= 0.6 is 12.2 Å². The lowest BCUT2D eigenvalue weighted by Crippen LogP contribution is -2.37. The third-order valence-electron chi connectivity index (χ3n) is 6.95. The van der Waals surface area contributed by atoms with Crippen LogP contribution in [-0.4, -0.2) is 54.5 Å². The van der Waals surface area contributed by atoms with Crippen LogP contribution in [0.15, 0.2) is 24.3 Å². The average Bonchev–Trinajstić information content (AvgIpc) is 2.87. The lowest BCUT2D eigenvalue weighted by Gasteiger charge is -2.35. The number of nitrogens with one attached hydrogen (secondary N) is 2. The maximum absolute atomic E-state index is 5.69. The first-order valence-corrected chi connectivity index (χ1v) is 13.3. The predicted molar refractivity (Wildman–Crippen MR) is 144 cm³/mol. The van der Waals surface area contributed by atoms with Gasteiger partial charge >= 0.3 is 0 Å². The Labute approximate surface area is 213 Å². The number of rotatable bonds is 5. The Kier molecular flexibility index (Phi) is 7.41. The van der Waals surface area contributed by atoms with Gasteiger partial charge in [0.05, 0.1) is 0 Å². The molecule has 0 saturated carbocycles. The van der Waals surface area contributed by atoms with Gasteiger partial charge in [-0.1, -0.05) is 19.9 Å². The zero-order chi connectivity index (χ0) is 24.2. The van der Waals surface area contributed by atoms with Crippen LogP contribution in [0.25, 0.3) is 0 Å². The molecule has 2 fully saturated rings. The lowest BCUT2D eigenvalue weighted by atomic mass is 10.00. The second-order valence-electron chi connectivity index (χ2n) is 10.1. The number of fused-ring (bicyclic) bond motifs is 1. The molecule has 0 amide bonds. The molecule has 4 heterocycles. The summed E-state index contributed by atoms with van der Waals surface area (Å²) in [5.74, 6) is 5.42. The van der Waals surface area contributed by atoms with E-state index in [1.165, 1.54) is 25.7 Å². The van der Waals surface area contributed by atoms with Gasteiger partial charge in [-0.15, -0.1) is 0 Å². The van der Waals surface area contributed by atoms with Crippen molar-refractivity contribution in [1.29, 1.82) is 0 Å². The third-order valence-corrected chi connectivity index (χ3v) is 7.19. The van der Waals surface area contributed by atoms with E-state index in [1.54, 1.807) is 0 Å². The molecule has 1 aromatic heterocycles. The monoisotopic (exact) mass is 496 g/mol. The van der Waals surface area contributed by atoms with E-state index in [1.807, 2.05) is 18.2 Å². The van der Waals surface area contributed by atoms with Crippen molar-refractivity contribution in [2.75, 3.05) is 54.5 Å². The molecule has 2 atom stereocenters. The van der Waals surface area contributed by atoms with Crippen molar-refractivity contribution >= 4 is 34.9 Å². The fourth-order valence-corrected chi connectivity index (χ4v) is 5.29. The smallest absolute Gasteiger partial charge is 0.232 e. The van der Waals surface area contributed by atoms with E-state index in [0.29, 0.717) is 42.7 Å². The quantitative estimate of drug-likeness (QED) is 0.592. The molecule has 188 valence electrons. The highest BCUT2D eigenvalue weighted by atomic mass is 32.1. The Bertz CT molecular complexity index is 1010. The van der Waals surface area contributed by atoms with E-state index >= 15 is 0 Å². The Morgan fingerprint density at radius 1 is 0.943 bits per heavy atom. The summed E-state index contributed by atoms with van der Waals surface area (Å²) < 4.78 is 11.3. The van der Waals surface area contributed by atoms with Gasteiger partial charge in [0.2, 0.25) is 5.95 Å². The number of hydrogen-bond acceptors (Lipinski definition) is 7. The predicted octanol–water partition coefficient (Wildman–Crippen LogP) is 4.21. The zero-order valence-electron chi connectivity index (χ0n) is 20.8. The minimum Gasteiger partial charge on any atom is -0.486 e. The number of aromatic nitrogens is 2. The van der Waals surface area contributed by atoms with Crippen molar-refractivity contribution in [3.8, 4) is 11.5 Å². The van der Waals surface area contributed by atoms with E-state index in [-0.39, 0.29) is 0 Å². The standard InChI is InChI=1S/C26H36N6O2S/c1-18-5-3-9-31(16-18)23-14-24(32-10-4-6-19(2)17-32)29-25(28-23)30-26(35)27-15-20-7-8-21-22(13-20)34-12-11-33-21/h7-8,13-14,18-19H,3-6,9-12,15-17H2,1-2H3,(H2,27,28,29,30,35)/t18-,19+. The molecule has 0 aliphatic carbocycles. The second kappa shape index (κ2) is 10.8. The molecule has 3 aliphatic rings. The first kappa shape index (κ1) is 23.9. The van der Waals surface area contributed by atoms with E-state index in [0.717, 1.165) is 54.9 Å². The highest BCUT2D eigenvalue weighted by molar-refractivity contribution is 7.80. The summed E-state index contributed by atoms with van der Waals surface area (Å²) >= 11 is 5.61. The first-order chi connectivity index (χ1) is 17.0. The Balaban J connectivity index is 1.29. The number of thiocarbonyl (C=S) groups is 1. The van der Waals surface area contributed by atoms with Gasteiger partial charge in [0, 0.05) is 38.8 Å². The number of ether oxygens (including phenoxy) is 2. The van der Waals surface area contributed by atoms with Crippen molar-refractivity contribution in [3.05, 3.63) is 29.8 Å². The van der Waals surface area contributed by atoms with Crippen LogP contribution in [0.1, 0.15) is 45.1 Å². The molecular weight excluding hydrogens is 460 g/mol. The van der Waals surface area contributed by atoms with E-state index in [9.17, 15) is 0 Å². The summed E-state index contributed by atoms with van der Waals surface area (Å²) in [7, 11) is 0. The Hall–Kier alpha value is -2.81. The second-order valence-corrected chi connectivity index (χ2v) is 10.5. The molecule has 9 heteroatoms. The van der Waals surface area contributed by atoms with Crippen molar-refractivity contribution in [1.82, 2.24) is 15.3 Å². The maximum atomic E-state index is 5.69. The van der Waals surface area contributed by atoms with Crippen LogP contribution in [0.4, 0.5) is 17.6 Å². The van der Waals surface area contributed by atoms with E-state index < -0.39 is 0 Å². The van der Waals surface area contributed by atoms with Crippen molar-refractivity contribution < 1.29 is 9.47 Å². The van der Waals surface area contributed by atoms with E-state index in [4.69, 9.17) is 31.7 Å². The highest BCUT2D eigenvalue weighted by Crippen LogP contribution is 2.31. The molecular formula is C26H36N6O2S. The molecule has 1 aromatic carbocycles. The van der Waals surface area contributed by atoms with Crippen molar-refractivity contribution in [2.45, 2.75) is 46.1 Å². The summed E-state index contributed by atoms with van der Waals surface area (Å²) in [6, 6.07) is 8.12. The third kappa shape index (κ3) is 6.07. The molecule has 3 aliphatic heterocycles. The Morgan fingerprint density at radius 3 is 2.20 bits per heavy atom. The minimum absolute atomic E-state index is 0.502. The first-order valence-electron chi connectivity index (χ1n) is 12.9. The molecule has 2 saturated heterocycles. The summed E-state index contributed by atoms with van der Waals surface area (Å²) in [6.45, 7) is 10.5. The fraction of sp³-hybridized carbons (Fsp3) is 0.577. The Morgan fingerprint density at radius 2 is 1.57 bits per heavy atom. The minimum atomic E-state index is 0.502. The number of piperidine rings is 2. The largest absolute Gasteiger partial charge is 0.486 e. The summed E-state index contributed by atoms with van der Waals surface area (Å²) in [4.78, 5) is 14.5. The van der Waals surface area contributed by atoms with Gasteiger partial charge in [-0.25, -0.2) is 0 Å². The van der Waals surface area contributed by atoms with Gasteiger partial charge in [0.15, 0.2) is 16.6 Å². The summed E-state index contributed by atoms with van der Waals surface area (Å²) in [6.07, 6.45) is 4.94. The van der Waals surface area contributed by atoms with E-state index in [2.05, 4.69) is 40.3 Å². The zero-order valence-corrected chi connectivity index (χ0v) is 21.6. The molecule has 0 radical (unpaired) electrons. The highest BCUT2D eigenvalue weighted by Gasteiger charge is 2.23. The van der Waals surface area contributed by atoms with Gasteiger partial charge in [-0.05, 0) is 67.4 Å². The molecule has 2 N–H and O–H groups in total. The summed E-state index contributed by atoms with van der Waals surface area (Å²) in [5.41, 5.74) is 1.07. The fourth-order valence-electron chi connectivity index (χ4n) is 5.12. The average molecular weight is 497 g/mol. The molecule has 5 rings (SSSR count). The van der Waals surface area contributed by atoms with Gasteiger partial charge in [0.25, 0.3) is 0 Å². The van der Waals surface area contributed by atoms with Crippen LogP contribution in [0.5, 0.6) is 11.5 Å². The lowest BCUT2D eigenvalue weighted by molar-refractivity contribution is 0.171. The molecule has 35 heavy (non-hydrogen) atoms. The molecule has 8 nitrogen and oxygen atoms in total. The molecule has 0 bridgehead atoms. The molecule has 0 unspecified atom stereocenters. The molecule has 2 aromatic rings. The van der Waals surface area contributed by atoms with Crippen LogP contribution in [0.2, 0.25) is 0 Å². The number of nitrogens with zero attached hydrogens (tertiary/aromatic N) is 4. The van der Waals surface area contributed by atoms with Gasteiger partial charge < -0.3 is 29.9 Å². The normalized spacial score (nSPS) is 22.0. The van der Waals surface area contributed by atoms with Crippen LogP contribution in [-0.2, 0) is 6.54 Å². The number of anilines is 3. The van der Waals surface area contributed by atoms with Crippen LogP contribution in [0.3, 0.4) is 0 Å². The number of benzene rings is 1.